The minimum Gasteiger partial charge on any atom is -0.346 e. The second-order valence-electron chi connectivity index (χ2n) is 7.60. The number of sulfonamides is 1. The molecule has 148 valence electrons. The summed E-state index contributed by atoms with van der Waals surface area (Å²) < 4.78 is 25.3. The summed E-state index contributed by atoms with van der Waals surface area (Å²) in [5.41, 5.74) is 7.52. The Hall–Kier alpha value is -1.31. The number of halogens is 1. The summed E-state index contributed by atoms with van der Waals surface area (Å²) in [5, 5.41) is 3.04. The third-order valence-electron chi connectivity index (χ3n) is 4.54. The highest BCUT2D eigenvalue weighted by molar-refractivity contribution is 7.92. The summed E-state index contributed by atoms with van der Waals surface area (Å²) >= 11 is 0. The van der Waals surface area contributed by atoms with Gasteiger partial charge in [0.1, 0.15) is 0 Å². The molecule has 6 nitrogen and oxygen atoms in total. The highest BCUT2D eigenvalue weighted by Crippen LogP contribution is 2.30. The predicted molar refractivity (Wildman–Crippen MR) is 109 cm³/mol. The largest absolute Gasteiger partial charge is 0.346 e. The fraction of sp³-hybridized carbons (Fsp3) is 0.611. The summed E-state index contributed by atoms with van der Waals surface area (Å²) in [7, 11) is -3.30. The number of aryl methyl sites for hydroxylation is 1. The van der Waals surface area contributed by atoms with Crippen molar-refractivity contribution < 1.29 is 13.2 Å². The Bertz CT molecular complexity index is 752. The molecule has 1 atom stereocenters. The van der Waals surface area contributed by atoms with E-state index in [2.05, 4.69) is 19.2 Å². The number of fused-ring (bicyclic) bond motifs is 1. The number of benzene rings is 1. The first-order chi connectivity index (χ1) is 11.6. The van der Waals surface area contributed by atoms with Crippen LogP contribution in [-0.4, -0.2) is 39.2 Å². The van der Waals surface area contributed by atoms with E-state index in [1.165, 1.54) is 10.6 Å². The Morgan fingerprint density at radius 2 is 2.04 bits per heavy atom. The molecule has 26 heavy (non-hydrogen) atoms. The van der Waals surface area contributed by atoms with Gasteiger partial charge in [0.25, 0.3) is 5.91 Å². The van der Waals surface area contributed by atoms with Gasteiger partial charge >= 0.3 is 0 Å². The van der Waals surface area contributed by atoms with Gasteiger partial charge in [-0.1, -0.05) is 13.8 Å². The van der Waals surface area contributed by atoms with E-state index < -0.39 is 15.6 Å². The Morgan fingerprint density at radius 1 is 1.38 bits per heavy atom. The van der Waals surface area contributed by atoms with Crippen LogP contribution in [0.2, 0.25) is 0 Å². The molecule has 0 saturated heterocycles. The topological polar surface area (TPSA) is 92.5 Å². The van der Waals surface area contributed by atoms with Crippen LogP contribution in [0.4, 0.5) is 5.69 Å². The van der Waals surface area contributed by atoms with Crippen LogP contribution < -0.4 is 15.4 Å². The Kier molecular flexibility index (Phi) is 7.51. The molecule has 2 rings (SSSR count). The maximum Gasteiger partial charge on any atom is 0.251 e. The average Bonchev–Trinajstić information content (AvgIpc) is 2.52. The highest BCUT2D eigenvalue weighted by atomic mass is 35.5. The molecule has 3 N–H and O–H groups in total. The minimum atomic E-state index is -3.30. The van der Waals surface area contributed by atoms with Crippen molar-refractivity contribution in [3.63, 3.8) is 0 Å². The normalized spacial score (nSPS) is 16.5. The maximum atomic E-state index is 12.7. The van der Waals surface area contributed by atoms with Crippen LogP contribution in [0.15, 0.2) is 18.2 Å². The third kappa shape index (κ3) is 5.34. The number of nitrogens with one attached hydrogen (secondary N) is 1. The summed E-state index contributed by atoms with van der Waals surface area (Å²) in [6, 6.07) is 5.21. The first-order valence-corrected chi connectivity index (χ1v) is 10.5. The lowest BCUT2D eigenvalue weighted by atomic mass is 9.90. The molecule has 1 unspecified atom stereocenters. The fourth-order valence-corrected chi connectivity index (χ4v) is 4.48. The van der Waals surface area contributed by atoms with Gasteiger partial charge in [0.15, 0.2) is 0 Å². The molecule has 1 aliphatic heterocycles. The van der Waals surface area contributed by atoms with E-state index in [0.717, 1.165) is 24.8 Å². The molecule has 1 aromatic carbocycles. The Morgan fingerprint density at radius 3 is 2.58 bits per heavy atom. The zero-order valence-corrected chi connectivity index (χ0v) is 17.5. The van der Waals surface area contributed by atoms with Gasteiger partial charge in [-0.05, 0) is 55.9 Å². The number of nitrogens with zero attached hydrogens (tertiary/aromatic N) is 1. The van der Waals surface area contributed by atoms with Crippen molar-refractivity contribution in [3.8, 4) is 0 Å². The molecule has 1 aliphatic rings. The van der Waals surface area contributed by atoms with Crippen molar-refractivity contribution in [1.29, 1.82) is 0 Å². The van der Waals surface area contributed by atoms with Crippen LogP contribution in [0.25, 0.3) is 0 Å². The summed E-state index contributed by atoms with van der Waals surface area (Å²) in [6.45, 7) is 6.99. The molecule has 1 amide bonds. The average molecular weight is 404 g/mol. The number of rotatable bonds is 6. The molecule has 0 fully saturated rings. The number of amides is 1. The lowest BCUT2D eigenvalue weighted by Crippen LogP contribution is -2.52. The second-order valence-corrected chi connectivity index (χ2v) is 9.51. The summed E-state index contributed by atoms with van der Waals surface area (Å²) in [5.74, 6) is 0.244. The van der Waals surface area contributed by atoms with Crippen LogP contribution in [-0.2, 0) is 16.4 Å². The molecule has 0 spiro atoms. The second kappa shape index (κ2) is 8.59. The monoisotopic (exact) mass is 403 g/mol. The van der Waals surface area contributed by atoms with Gasteiger partial charge in [0.2, 0.25) is 10.0 Å². The SMILES string of the molecule is CC(C)CC(C)(CN)NC(=O)c1ccc2c(c1)CCCN2S(C)(=O)=O.Cl. The number of anilines is 1. The van der Waals surface area contributed by atoms with Crippen molar-refractivity contribution in [2.24, 2.45) is 11.7 Å². The van der Waals surface area contributed by atoms with Gasteiger partial charge in [-0.25, -0.2) is 8.42 Å². The van der Waals surface area contributed by atoms with E-state index in [1.54, 1.807) is 18.2 Å². The van der Waals surface area contributed by atoms with Gasteiger partial charge < -0.3 is 11.1 Å². The third-order valence-corrected chi connectivity index (χ3v) is 5.72. The van der Waals surface area contributed by atoms with Crippen molar-refractivity contribution in [1.82, 2.24) is 5.32 Å². The van der Waals surface area contributed by atoms with Crippen LogP contribution in [0.5, 0.6) is 0 Å². The Balaban J connectivity index is 0.00000338. The number of carbonyl (C=O) groups excluding carboxylic acids is 1. The molecular weight excluding hydrogens is 374 g/mol. The first-order valence-electron chi connectivity index (χ1n) is 8.69. The van der Waals surface area contributed by atoms with E-state index in [-0.39, 0.29) is 18.3 Å². The molecule has 0 bridgehead atoms. The van der Waals surface area contributed by atoms with Gasteiger partial charge in [0.05, 0.1) is 11.9 Å². The van der Waals surface area contributed by atoms with E-state index in [0.29, 0.717) is 30.3 Å². The molecule has 0 aromatic heterocycles. The van der Waals surface area contributed by atoms with Crippen molar-refractivity contribution in [3.05, 3.63) is 29.3 Å². The summed E-state index contributed by atoms with van der Waals surface area (Å²) in [4.78, 5) is 12.7. The van der Waals surface area contributed by atoms with Gasteiger partial charge in [-0.2, -0.15) is 0 Å². The van der Waals surface area contributed by atoms with Crippen LogP contribution in [0.1, 0.15) is 49.5 Å². The zero-order valence-electron chi connectivity index (χ0n) is 15.9. The molecule has 1 heterocycles. The minimum absolute atomic E-state index is 0. The maximum absolute atomic E-state index is 12.7. The number of hydrogen-bond acceptors (Lipinski definition) is 4. The van der Waals surface area contributed by atoms with Gasteiger partial charge in [0, 0.05) is 24.2 Å². The molecule has 0 aliphatic carbocycles. The molecular formula is C18H30ClN3O3S. The first kappa shape index (κ1) is 22.7. The fourth-order valence-electron chi connectivity index (χ4n) is 3.48. The van der Waals surface area contributed by atoms with E-state index in [9.17, 15) is 13.2 Å². The quantitative estimate of drug-likeness (QED) is 0.762. The lowest BCUT2D eigenvalue weighted by molar-refractivity contribution is 0.0898. The molecule has 0 saturated carbocycles. The molecule has 1 aromatic rings. The highest BCUT2D eigenvalue weighted by Gasteiger charge is 2.28. The van der Waals surface area contributed by atoms with Crippen LogP contribution >= 0.6 is 12.4 Å². The van der Waals surface area contributed by atoms with Gasteiger partial charge in [-0.15, -0.1) is 12.4 Å². The van der Waals surface area contributed by atoms with Crippen molar-refractivity contribution >= 4 is 34.0 Å². The number of hydrogen-bond donors (Lipinski definition) is 2. The van der Waals surface area contributed by atoms with Crippen molar-refractivity contribution in [2.45, 2.75) is 45.6 Å². The summed E-state index contributed by atoms with van der Waals surface area (Å²) in [6.07, 6.45) is 3.52. The smallest absolute Gasteiger partial charge is 0.251 e. The molecule has 0 radical (unpaired) electrons. The van der Waals surface area contributed by atoms with E-state index >= 15 is 0 Å². The standard InChI is InChI=1S/C18H29N3O3S.ClH/c1-13(2)11-18(3,12-19)20-17(22)15-7-8-16-14(10-15)6-5-9-21(16)25(4,23)24;/h7-8,10,13H,5-6,9,11-12,19H2,1-4H3,(H,20,22);1H. The predicted octanol–water partition coefficient (Wildman–Crippen LogP) is 2.31. The van der Waals surface area contributed by atoms with E-state index in [1.807, 2.05) is 6.92 Å². The van der Waals surface area contributed by atoms with Crippen LogP contribution in [0.3, 0.4) is 0 Å². The van der Waals surface area contributed by atoms with Gasteiger partial charge in [-0.3, -0.25) is 9.10 Å². The van der Waals surface area contributed by atoms with E-state index in [4.69, 9.17) is 5.73 Å². The Labute approximate surface area is 163 Å². The van der Waals surface area contributed by atoms with Crippen LogP contribution in [0, 0.1) is 5.92 Å². The zero-order chi connectivity index (χ0) is 18.8. The number of carbonyl (C=O) groups is 1. The molecule has 8 heteroatoms. The number of nitrogens with two attached hydrogens (primary N) is 1. The lowest BCUT2D eigenvalue weighted by Gasteiger charge is -2.32. The van der Waals surface area contributed by atoms with Crippen molar-refractivity contribution in [2.75, 3.05) is 23.7 Å².